The van der Waals surface area contributed by atoms with Crippen molar-refractivity contribution in [1.82, 2.24) is 0 Å². The standard InChI is InChI=1S/C20H19FO2S/c1-24(22,23)17-8-4-15(5-9-17)19-18(10-11-20(19)12-13-20)14-2-6-16(21)7-3-14/h2-9H,10-13H2,1H3. The van der Waals surface area contributed by atoms with E-state index in [4.69, 9.17) is 0 Å². The van der Waals surface area contributed by atoms with Gasteiger partial charge in [0.05, 0.1) is 4.90 Å². The minimum Gasteiger partial charge on any atom is -0.224 e. The molecule has 2 aromatic rings. The highest BCUT2D eigenvalue weighted by Crippen LogP contribution is 2.65. The van der Waals surface area contributed by atoms with Gasteiger partial charge in [-0.15, -0.1) is 0 Å². The Labute approximate surface area is 141 Å². The summed E-state index contributed by atoms with van der Waals surface area (Å²) in [5, 5.41) is 0. The van der Waals surface area contributed by atoms with E-state index in [0.717, 1.165) is 24.0 Å². The largest absolute Gasteiger partial charge is 0.224 e. The second-order valence-electron chi connectivity index (χ2n) is 6.94. The lowest BCUT2D eigenvalue weighted by Gasteiger charge is -2.15. The van der Waals surface area contributed by atoms with Crippen LogP contribution in [0.1, 0.15) is 36.8 Å². The summed E-state index contributed by atoms with van der Waals surface area (Å²) in [6, 6.07) is 13.9. The van der Waals surface area contributed by atoms with Gasteiger partial charge in [0.1, 0.15) is 5.82 Å². The van der Waals surface area contributed by atoms with Crippen molar-refractivity contribution in [1.29, 1.82) is 0 Å². The van der Waals surface area contributed by atoms with Crippen LogP contribution in [-0.2, 0) is 9.84 Å². The first-order chi connectivity index (χ1) is 11.4. The minimum absolute atomic E-state index is 0.225. The van der Waals surface area contributed by atoms with E-state index in [1.165, 1.54) is 42.4 Å². The molecule has 4 heteroatoms. The molecule has 124 valence electrons. The van der Waals surface area contributed by atoms with Crippen LogP contribution in [0, 0.1) is 11.2 Å². The van der Waals surface area contributed by atoms with Crippen LogP contribution in [0.2, 0.25) is 0 Å². The van der Waals surface area contributed by atoms with Crippen molar-refractivity contribution < 1.29 is 12.8 Å². The zero-order valence-corrected chi connectivity index (χ0v) is 14.4. The number of sulfone groups is 1. The number of rotatable bonds is 3. The van der Waals surface area contributed by atoms with Gasteiger partial charge in [-0.1, -0.05) is 24.3 Å². The third-order valence-corrected chi connectivity index (χ3v) is 6.43. The monoisotopic (exact) mass is 342 g/mol. The van der Waals surface area contributed by atoms with E-state index in [0.29, 0.717) is 4.90 Å². The van der Waals surface area contributed by atoms with Crippen LogP contribution in [0.4, 0.5) is 4.39 Å². The fourth-order valence-corrected chi connectivity index (χ4v) is 4.50. The van der Waals surface area contributed by atoms with Crippen molar-refractivity contribution in [3.05, 3.63) is 65.5 Å². The SMILES string of the molecule is CS(=O)(=O)c1ccc(C2=C(c3ccc(F)cc3)CCC23CC3)cc1. The molecule has 2 nitrogen and oxygen atoms in total. The molecule has 0 bridgehead atoms. The van der Waals surface area contributed by atoms with Crippen LogP contribution in [0.15, 0.2) is 53.4 Å². The molecule has 0 saturated heterocycles. The summed E-state index contributed by atoms with van der Waals surface area (Å²) in [7, 11) is -3.18. The second-order valence-corrected chi connectivity index (χ2v) is 8.95. The Morgan fingerprint density at radius 2 is 1.46 bits per heavy atom. The Morgan fingerprint density at radius 1 is 0.875 bits per heavy atom. The molecule has 0 heterocycles. The first kappa shape index (κ1) is 15.6. The number of hydrogen-bond acceptors (Lipinski definition) is 2. The average Bonchev–Trinajstić information content (AvgIpc) is 3.22. The van der Waals surface area contributed by atoms with Gasteiger partial charge in [-0.3, -0.25) is 0 Å². The van der Waals surface area contributed by atoms with Crippen LogP contribution in [0.25, 0.3) is 11.1 Å². The van der Waals surface area contributed by atoms with E-state index in [1.54, 1.807) is 12.1 Å². The highest BCUT2D eigenvalue weighted by Gasteiger charge is 2.50. The first-order valence-corrected chi connectivity index (χ1v) is 10.1. The van der Waals surface area contributed by atoms with Gasteiger partial charge in [-0.05, 0) is 77.6 Å². The van der Waals surface area contributed by atoms with E-state index >= 15 is 0 Å². The van der Waals surface area contributed by atoms with Crippen molar-refractivity contribution in [3.63, 3.8) is 0 Å². The van der Waals surface area contributed by atoms with Gasteiger partial charge >= 0.3 is 0 Å². The molecule has 0 unspecified atom stereocenters. The summed E-state index contributed by atoms with van der Waals surface area (Å²) in [6.45, 7) is 0. The summed E-state index contributed by atoms with van der Waals surface area (Å²) in [4.78, 5) is 0.345. The zero-order valence-electron chi connectivity index (χ0n) is 13.5. The van der Waals surface area contributed by atoms with Gasteiger partial charge in [0.2, 0.25) is 0 Å². The molecule has 1 saturated carbocycles. The minimum atomic E-state index is -3.18. The molecule has 1 fully saturated rings. The zero-order chi connectivity index (χ0) is 16.9. The van der Waals surface area contributed by atoms with Gasteiger partial charge in [0.25, 0.3) is 0 Å². The predicted molar refractivity (Wildman–Crippen MR) is 93.7 cm³/mol. The number of benzene rings is 2. The molecule has 0 radical (unpaired) electrons. The van der Waals surface area contributed by atoms with E-state index in [-0.39, 0.29) is 11.2 Å². The van der Waals surface area contributed by atoms with Gasteiger partial charge < -0.3 is 0 Å². The van der Waals surface area contributed by atoms with Gasteiger partial charge in [-0.25, -0.2) is 12.8 Å². The second kappa shape index (κ2) is 5.28. The molecule has 0 atom stereocenters. The summed E-state index contributed by atoms with van der Waals surface area (Å²) in [5.74, 6) is -0.225. The molecule has 1 spiro atoms. The molecular formula is C20H19FO2S. The Balaban J connectivity index is 1.82. The third-order valence-electron chi connectivity index (χ3n) is 5.30. The predicted octanol–water partition coefficient (Wildman–Crippen LogP) is 4.71. The molecule has 2 aromatic carbocycles. The number of allylic oxidation sites excluding steroid dienone is 2. The Hall–Kier alpha value is -1.94. The first-order valence-electron chi connectivity index (χ1n) is 8.19. The lowest BCUT2D eigenvalue weighted by Crippen LogP contribution is -2.01. The van der Waals surface area contributed by atoms with Crippen molar-refractivity contribution in [2.45, 2.75) is 30.6 Å². The third kappa shape index (κ3) is 2.59. The Morgan fingerprint density at radius 3 is 2.00 bits per heavy atom. The Kier molecular flexibility index (Phi) is 3.43. The van der Waals surface area contributed by atoms with Crippen molar-refractivity contribution >= 4 is 21.0 Å². The molecule has 0 amide bonds. The summed E-state index contributed by atoms with van der Waals surface area (Å²) in [5.41, 5.74) is 5.02. The van der Waals surface area contributed by atoms with Gasteiger partial charge in [0.15, 0.2) is 9.84 Å². The van der Waals surface area contributed by atoms with Crippen molar-refractivity contribution in [2.75, 3.05) is 6.26 Å². The van der Waals surface area contributed by atoms with Gasteiger partial charge in [0, 0.05) is 6.26 Å². The lowest BCUT2D eigenvalue weighted by molar-refractivity contribution is 0.602. The van der Waals surface area contributed by atoms with E-state index in [2.05, 4.69) is 0 Å². The maximum absolute atomic E-state index is 13.2. The van der Waals surface area contributed by atoms with Crippen LogP contribution >= 0.6 is 0 Å². The molecule has 0 aromatic heterocycles. The van der Waals surface area contributed by atoms with E-state index in [1.807, 2.05) is 24.3 Å². The lowest BCUT2D eigenvalue weighted by atomic mass is 9.89. The Bertz CT molecular complexity index is 919. The quantitative estimate of drug-likeness (QED) is 0.809. The normalized spacial score (nSPS) is 19.1. The number of hydrogen-bond donors (Lipinski definition) is 0. The number of halogens is 1. The molecule has 2 aliphatic carbocycles. The maximum Gasteiger partial charge on any atom is 0.175 e. The molecular weight excluding hydrogens is 323 g/mol. The average molecular weight is 342 g/mol. The molecule has 24 heavy (non-hydrogen) atoms. The fourth-order valence-electron chi connectivity index (χ4n) is 3.87. The van der Waals surface area contributed by atoms with Crippen LogP contribution in [0.5, 0.6) is 0 Å². The summed E-state index contributed by atoms with van der Waals surface area (Å²) < 4.78 is 36.6. The van der Waals surface area contributed by atoms with Crippen molar-refractivity contribution in [2.24, 2.45) is 5.41 Å². The summed E-state index contributed by atoms with van der Waals surface area (Å²) in [6.07, 6.45) is 5.71. The van der Waals surface area contributed by atoms with Crippen LogP contribution < -0.4 is 0 Å². The molecule has 0 aliphatic heterocycles. The van der Waals surface area contributed by atoms with Crippen molar-refractivity contribution in [3.8, 4) is 0 Å². The summed E-state index contributed by atoms with van der Waals surface area (Å²) >= 11 is 0. The molecule has 0 N–H and O–H groups in total. The van der Waals surface area contributed by atoms with Crippen LogP contribution in [-0.4, -0.2) is 14.7 Å². The topological polar surface area (TPSA) is 34.1 Å². The maximum atomic E-state index is 13.2. The fraction of sp³-hybridized carbons (Fsp3) is 0.300. The smallest absolute Gasteiger partial charge is 0.175 e. The van der Waals surface area contributed by atoms with E-state index in [9.17, 15) is 12.8 Å². The molecule has 4 rings (SSSR count). The highest BCUT2D eigenvalue weighted by atomic mass is 32.2. The highest BCUT2D eigenvalue weighted by molar-refractivity contribution is 7.90. The van der Waals surface area contributed by atoms with Crippen LogP contribution in [0.3, 0.4) is 0 Å². The van der Waals surface area contributed by atoms with Gasteiger partial charge in [-0.2, -0.15) is 0 Å². The molecule has 2 aliphatic rings. The van der Waals surface area contributed by atoms with E-state index < -0.39 is 9.84 Å².